The lowest BCUT2D eigenvalue weighted by molar-refractivity contribution is 0.616. The summed E-state index contributed by atoms with van der Waals surface area (Å²) in [7, 11) is 0. The van der Waals surface area contributed by atoms with E-state index in [1.807, 2.05) is 72.8 Å². The van der Waals surface area contributed by atoms with Crippen LogP contribution in [0.1, 0.15) is 5.56 Å². The van der Waals surface area contributed by atoms with E-state index in [4.69, 9.17) is 15.2 Å². The van der Waals surface area contributed by atoms with Crippen molar-refractivity contribution in [2.75, 3.05) is 0 Å². The van der Waals surface area contributed by atoms with Gasteiger partial charge < -0.3 is 0 Å². The molecule has 0 atom stereocenters. The predicted octanol–water partition coefficient (Wildman–Crippen LogP) is 7.29. The zero-order valence-electron chi connectivity index (χ0n) is 17.9. The molecule has 0 radical (unpaired) electrons. The highest BCUT2D eigenvalue weighted by atomic mass is 19.1. The Morgan fingerprint density at radius 1 is 0.559 bits per heavy atom. The van der Waals surface area contributed by atoms with Crippen LogP contribution < -0.4 is 0 Å². The molecule has 5 rings (SSSR count). The molecule has 5 aromatic rings. The summed E-state index contributed by atoms with van der Waals surface area (Å²) >= 11 is 0. The number of nitrogens with zero attached hydrogens (tertiary/aromatic N) is 3. The van der Waals surface area contributed by atoms with Gasteiger partial charge in [-0.05, 0) is 30.3 Å². The van der Waals surface area contributed by atoms with Gasteiger partial charge in [0.05, 0.1) is 23.0 Å². The van der Waals surface area contributed by atoms with Gasteiger partial charge in [0.15, 0.2) is 5.82 Å². The van der Waals surface area contributed by atoms with Crippen molar-refractivity contribution in [3.63, 3.8) is 0 Å². The van der Waals surface area contributed by atoms with Gasteiger partial charge in [-0.2, -0.15) is 5.26 Å². The van der Waals surface area contributed by atoms with Crippen LogP contribution in [-0.2, 0) is 0 Å². The standard InChI is InChI=1S/C29H17F2N3/c30-25-14-11-19(18-32)15-24(25)23-13-12-22(16-26(23)31)29-33-27(20-7-3-1-4-8-20)17-28(34-29)21-9-5-2-6-10-21/h1-17H. The Bertz CT molecular complexity index is 1470. The molecule has 5 heteroatoms. The topological polar surface area (TPSA) is 49.6 Å². The van der Waals surface area contributed by atoms with Crippen LogP contribution in [0.3, 0.4) is 0 Å². The fourth-order valence-electron chi connectivity index (χ4n) is 3.76. The van der Waals surface area contributed by atoms with Crippen LogP contribution in [0.5, 0.6) is 0 Å². The van der Waals surface area contributed by atoms with E-state index in [0.29, 0.717) is 22.8 Å². The van der Waals surface area contributed by atoms with Crippen molar-refractivity contribution in [2.45, 2.75) is 0 Å². The van der Waals surface area contributed by atoms with E-state index in [2.05, 4.69) is 0 Å². The molecule has 0 bridgehead atoms. The maximum absolute atomic E-state index is 15.2. The second-order valence-electron chi connectivity index (χ2n) is 7.70. The van der Waals surface area contributed by atoms with Crippen LogP contribution in [-0.4, -0.2) is 9.97 Å². The lowest BCUT2D eigenvalue weighted by Gasteiger charge is -2.11. The number of benzene rings is 4. The average Bonchev–Trinajstić information content (AvgIpc) is 2.90. The van der Waals surface area contributed by atoms with Crippen LogP contribution in [0, 0.1) is 23.0 Å². The van der Waals surface area contributed by atoms with Gasteiger partial charge in [-0.3, -0.25) is 0 Å². The van der Waals surface area contributed by atoms with E-state index in [1.165, 1.54) is 30.3 Å². The summed E-state index contributed by atoms with van der Waals surface area (Å²) in [5.74, 6) is -0.863. The normalized spacial score (nSPS) is 10.6. The molecule has 1 aromatic heterocycles. The molecule has 4 aromatic carbocycles. The van der Waals surface area contributed by atoms with Crippen molar-refractivity contribution in [2.24, 2.45) is 0 Å². The maximum atomic E-state index is 15.2. The molecule has 0 fully saturated rings. The number of nitriles is 1. The summed E-state index contributed by atoms with van der Waals surface area (Å²) in [4.78, 5) is 9.39. The van der Waals surface area contributed by atoms with Crippen molar-refractivity contribution in [1.82, 2.24) is 9.97 Å². The first-order chi connectivity index (χ1) is 16.6. The van der Waals surface area contributed by atoms with E-state index in [9.17, 15) is 4.39 Å². The smallest absolute Gasteiger partial charge is 0.160 e. The molecule has 0 unspecified atom stereocenters. The van der Waals surface area contributed by atoms with E-state index < -0.39 is 11.6 Å². The summed E-state index contributed by atoms with van der Waals surface area (Å²) in [5.41, 5.74) is 4.07. The van der Waals surface area contributed by atoms with Crippen LogP contribution in [0.4, 0.5) is 8.78 Å². The van der Waals surface area contributed by atoms with Crippen LogP contribution in [0.2, 0.25) is 0 Å². The molecule has 0 saturated carbocycles. The Hall–Kier alpha value is -4.69. The molecular weight excluding hydrogens is 428 g/mol. The van der Waals surface area contributed by atoms with Gasteiger partial charge in [-0.15, -0.1) is 0 Å². The Morgan fingerprint density at radius 3 is 1.74 bits per heavy atom. The van der Waals surface area contributed by atoms with Crippen molar-refractivity contribution < 1.29 is 8.78 Å². The summed E-state index contributed by atoms with van der Waals surface area (Å²) in [6, 6.07) is 31.6. The number of rotatable bonds is 4. The van der Waals surface area contributed by atoms with Gasteiger partial charge >= 0.3 is 0 Å². The predicted molar refractivity (Wildman–Crippen MR) is 128 cm³/mol. The molecular formula is C29H17F2N3. The molecule has 3 nitrogen and oxygen atoms in total. The number of halogens is 2. The highest BCUT2D eigenvalue weighted by molar-refractivity contribution is 5.74. The Morgan fingerprint density at radius 2 is 1.18 bits per heavy atom. The summed E-state index contributed by atoms with van der Waals surface area (Å²) in [5, 5.41) is 9.12. The molecule has 0 N–H and O–H groups in total. The van der Waals surface area contributed by atoms with E-state index in [0.717, 1.165) is 11.1 Å². The fraction of sp³-hybridized carbons (Fsp3) is 0. The third-order valence-corrected chi connectivity index (χ3v) is 5.48. The fourth-order valence-corrected chi connectivity index (χ4v) is 3.76. The number of hydrogen-bond donors (Lipinski definition) is 0. The Balaban J connectivity index is 1.64. The molecule has 162 valence electrons. The molecule has 0 spiro atoms. The molecule has 0 saturated heterocycles. The second kappa shape index (κ2) is 9.05. The van der Waals surface area contributed by atoms with Crippen LogP contribution in [0.25, 0.3) is 45.0 Å². The van der Waals surface area contributed by atoms with E-state index in [-0.39, 0.29) is 16.7 Å². The number of aromatic nitrogens is 2. The quantitative estimate of drug-likeness (QED) is 0.292. The minimum Gasteiger partial charge on any atom is -0.228 e. The van der Waals surface area contributed by atoms with Crippen LogP contribution >= 0.6 is 0 Å². The maximum Gasteiger partial charge on any atom is 0.160 e. The lowest BCUT2D eigenvalue weighted by Crippen LogP contribution is -1.97. The summed E-state index contributed by atoms with van der Waals surface area (Å²) in [6.45, 7) is 0. The summed E-state index contributed by atoms with van der Waals surface area (Å²) in [6.07, 6.45) is 0. The molecule has 34 heavy (non-hydrogen) atoms. The van der Waals surface area contributed by atoms with Gasteiger partial charge in [0, 0.05) is 27.8 Å². The van der Waals surface area contributed by atoms with Crippen molar-refractivity contribution in [3.8, 4) is 51.1 Å². The summed E-state index contributed by atoms with van der Waals surface area (Å²) < 4.78 is 29.6. The van der Waals surface area contributed by atoms with Crippen molar-refractivity contribution in [1.29, 1.82) is 5.26 Å². The zero-order valence-corrected chi connectivity index (χ0v) is 17.9. The Labute approximate surface area is 195 Å². The van der Waals surface area contributed by atoms with E-state index >= 15 is 4.39 Å². The Kier molecular flexibility index (Phi) is 5.63. The van der Waals surface area contributed by atoms with Crippen molar-refractivity contribution >= 4 is 0 Å². The highest BCUT2D eigenvalue weighted by Gasteiger charge is 2.15. The SMILES string of the molecule is N#Cc1ccc(F)c(-c2ccc(-c3nc(-c4ccccc4)cc(-c4ccccc4)n3)cc2F)c1. The third-order valence-electron chi connectivity index (χ3n) is 5.48. The molecule has 0 aliphatic heterocycles. The molecule has 0 aliphatic carbocycles. The third kappa shape index (κ3) is 4.17. The van der Waals surface area contributed by atoms with Gasteiger partial charge in [0.25, 0.3) is 0 Å². The van der Waals surface area contributed by atoms with E-state index in [1.54, 1.807) is 6.07 Å². The first kappa shape index (κ1) is 21.2. The molecule has 0 amide bonds. The van der Waals surface area contributed by atoms with Gasteiger partial charge in [0.1, 0.15) is 11.6 Å². The minimum absolute atomic E-state index is 0.0343. The molecule has 0 aliphatic rings. The zero-order chi connectivity index (χ0) is 23.5. The van der Waals surface area contributed by atoms with Gasteiger partial charge in [0.2, 0.25) is 0 Å². The minimum atomic E-state index is -0.624. The number of hydrogen-bond acceptors (Lipinski definition) is 3. The molecule has 1 heterocycles. The van der Waals surface area contributed by atoms with Crippen LogP contribution in [0.15, 0.2) is 103 Å². The van der Waals surface area contributed by atoms with Gasteiger partial charge in [-0.25, -0.2) is 18.7 Å². The second-order valence-corrected chi connectivity index (χ2v) is 7.70. The largest absolute Gasteiger partial charge is 0.228 e. The van der Waals surface area contributed by atoms with Gasteiger partial charge in [-0.1, -0.05) is 72.8 Å². The highest BCUT2D eigenvalue weighted by Crippen LogP contribution is 2.31. The monoisotopic (exact) mass is 445 g/mol. The first-order valence-corrected chi connectivity index (χ1v) is 10.6. The lowest BCUT2D eigenvalue weighted by atomic mass is 10.00. The van der Waals surface area contributed by atoms with Crippen molar-refractivity contribution in [3.05, 3.63) is 120 Å². The average molecular weight is 445 g/mol. The first-order valence-electron chi connectivity index (χ1n) is 10.6.